The van der Waals surface area contributed by atoms with Gasteiger partial charge in [-0.2, -0.15) is 0 Å². The molecule has 0 radical (unpaired) electrons. The summed E-state index contributed by atoms with van der Waals surface area (Å²) in [6.45, 7) is 0. The minimum absolute atomic E-state index is 0.129. The highest BCUT2D eigenvalue weighted by atomic mass is 14.9. The summed E-state index contributed by atoms with van der Waals surface area (Å²) in [7, 11) is 0. The van der Waals surface area contributed by atoms with E-state index in [1.54, 1.807) is 0 Å². The van der Waals surface area contributed by atoms with Crippen LogP contribution in [-0.2, 0) is 0 Å². The van der Waals surface area contributed by atoms with E-state index in [-0.39, 0.29) is 11.8 Å². The van der Waals surface area contributed by atoms with Gasteiger partial charge in [-0.3, -0.25) is 0 Å². The van der Waals surface area contributed by atoms with Gasteiger partial charge < -0.3 is 0 Å². The maximum atomic E-state index is 5.19. The number of hydrogen-bond acceptors (Lipinski definition) is 4. The standard InChI is InChI=1S/C76H50N4/c1-5-19-51(20-6-1)59-27-13-15-29-61(59)71-47-69(77-75(79-71)55-23-9-3-10-24-55)53-37-33-49(34-38-53)57-41-43-65-67(45-57)73-63-31-17-18-32-64(63)74(65)68-46-58(42-44-66(68)73)50-35-39-54(40-36-50)70-48-72(80-76(78-70)56-25-11-4-12-26-56)62-30-16-14-28-60(62)52-21-7-2-8-22-52/h1-48,73-74H. The number of nitrogens with zero attached hydrogens (tertiary/aromatic N) is 4. The smallest absolute Gasteiger partial charge is 0.160 e. The Hall–Kier alpha value is -10.4. The first-order valence-corrected chi connectivity index (χ1v) is 27.4. The summed E-state index contributed by atoms with van der Waals surface area (Å²) in [5.41, 5.74) is 27.4. The molecule has 0 saturated carbocycles. The highest BCUT2D eigenvalue weighted by Crippen LogP contribution is 2.57. The van der Waals surface area contributed by atoms with Crippen molar-refractivity contribution in [2.24, 2.45) is 0 Å². The summed E-state index contributed by atoms with van der Waals surface area (Å²) in [6.07, 6.45) is 0. The summed E-state index contributed by atoms with van der Waals surface area (Å²) in [5, 5.41) is 0. The number of benzene rings is 11. The van der Waals surface area contributed by atoms with Crippen molar-refractivity contribution in [3.05, 3.63) is 325 Å². The third-order valence-corrected chi connectivity index (χ3v) is 16.2. The van der Waals surface area contributed by atoms with Crippen LogP contribution < -0.4 is 0 Å². The lowest BCUT2D eigenvalue weighted by Gasteiger charge is -2.42. The third-order valence-electron chi connectivity index (χ3n) is 16.2. The Bertz CT molecular complexity index is 4150. The summed E-state index contributed by atoms with van der Waals surface area (Å²) >= 11 is 0. The molecule has 4 nitrogen and oxygen atoms in total. The lowest BCUT2D eigenvalue weighted by molar-refractivity contribution is 0.755. The molecule has 0 spiro atoms. The topological polar surface area (TPSA) is 51.6 Å². The Morgan fingerprint density at radius 2 is 0.463 bits per heavy atom. The summed E-state index contributed by atoms with van der Waals surface area (Å²) in [6, 6.07) is 104. The van der Waals surface area contributed by atoms with Crippen molar-refractivity contribution in [1.29, 1.82) is 0 Å². The van der Waals surface area contributed by atoms with E-state index in [1.807, 2.05) is 36.4 Å². The van der Waals surface area contributed by atoms with Crippen LogP contribution in [0.1, 0.15) is 45.2 Å². The van der Waals surface area contributed by atoms with E-state index in [2.05, 4.69) is 255 Å². The van der Waals surface area contributed by atoms with E-state index in [4.69, 9.17) is 19.9 Å². The predicted octanol–water partition coefficient (Wildman–Crippen LogP) is 18.9. The molecule has 80 heavy (non-hydrogen) atoms. The zero-order valence-electron chi connectivity index (χ0n) is 43.7. The molecule has 3 aliphatic rings. The summed E-state index contributed by atoms with van der Waals surface area (Å²) in [5.74, 6) is 1.66. The molecular weight excluding hydrogens is 969 g/mol. The quantitative estimate of drug-likeness (QED) is 0.137. The fourth-order valence-electron chi connectivity index (χ4n) is 12.3. The molecule has 13 aromatic rings. The SMILES string of the molecule is c1ccc(-c2nc(-c3ccc(-c4ccc5c(c4)C4c6ccccc6C5c5cc(-c6ccc(-c7cc(-c8ccccc8-c8ccccc8)nc(-c8ccccc8)n7)cc6)ccc54)cc3)cc(-c3ccccc3-c3ccccc3)n2)cc1. The van der Waals surface area contributed by atoms with Crippen LogP contribution in [0.4, 0.5) is 0 Å². The van der Waals surface area contributed by atoms with Gasteiger partial charge in [0.15, 0.2) is 11.6 Å². The second kappa shape index (κ2) is 19.9. The molecule has 2 atom stereocenters. The van der Waals surface area contributed by atoms with Crippen molar-refractivity contribution in [3.63, 3.8) is 0 Å². The molecule has 4 heteroatoms. The van der Waals surface area contributed by atoms with Gasteiger partial charge in [-0.25, -0.2) is 19.9 Å². The molecule has 0 amide bonds. The normalized spacial score (nSPS) is 13.8. The van der Waals surface area contributed by atoms with Crippen LogP contribution in [0.25, 0.3) is 112 Å². The predicted molar refractivity (Wildman–Crippen MR) is 327 cm³/mol. The zero-order chi connectivity index (χ0) is 52.9. The third kappa shape index (κ3) is 8.42. The minimum atomic E-state index is 0.129. The zero-order valence-corrected chi connectivity index (χ0v) is 43.7. The second-order valence-corrected chi connectivity index (χ2v) is 20.8. The summed E-state index contributed by atoms with van der Waals surface area (Å²) < 4.78 is 0. The minimum Gasteiger partial charge on any atom is -0.228 e. The molecular formula is C76H50N4. The van der Waals surface area contributed by atoms with Gasteiger partial charge in [0, 0.05) is 45.2 Å². The first-order valence-electron chi connectivity index (χ1n) is 27.4. The molecule has 3 aliphatic carbocycles. The van der Waals surface area contributed by atoms with Gasteiger partial charge in [0.05, 0.1) is 22.8 Å². The first-order chi connectivity index (χ1) is 39.6. The van der Waals surface area contributed by atoms with Crippen molar-refractivity contribution in [3.8, 4) is 112 Å². The molecule has 0 N–H and O–H groups in total. The molecule has 2 heterocycles. The lowest BCUT2D eigenvalue weighted by atomic mass is 9.60. The number of hydrogen-bond donors (Lipinski definition) is 0. The Labute approximate surface area is 466 Å². The van der Waals surface area contributed by atoms with E-state index in [9.17, 15) is 0 Å². The Kier molecular flexibility index (Phi) is 11.6. The van der Waals surface area contributed by atoms with Crippen molar-refractivity contribution in [1.82, 2.24) is 19.9 Å². The maximum Gasteiger partial charge on any atom is 0.160 e. The van der Waals surface area contributed by atoms with Gasteiger partial charge in [0.1, 0.15) is 0 Å². The molecule has 11 aromatic carbocycles. The Morgan fingerprint density at radius 3 is 0.850 bits per heavy atom. The van der Waals surface area contributed by atoms with E-state index in [0.29, 0.717) is 11.6 Å². The number of aromatic nitrogens is 4. The fraction of sp³-hybridized carbons (Fsp3) is 0.0263. The van der Waals surface area contributed by atoms with Crippen molar-refractivity contribution in [2.45, 2.75) is 11.8 Å². The first kappa shape index (κ1) is 46.8. The Morgan fingerprint density at radius 1 is 0.175 bits per heavy atom. The highest BCUT2D eigenvalue weighted by molar-refractivity contribution is 5.87. The van der Waals surface area contributed by atoms with Crippen LogP contribution in [0.5, 0.6) is 0 Å². The van der Waals surface area contributed by atoms with Gasteiger partial charge in [-0.15, -0.1) is 0 Å². The average molecular weight is 1020 g/mol. The fourth-order valence-corrected chi connectivity index (χ4v) is 12.3. The van der Waals surface area contributed by atoms with Gasteiger partial charge >= 0.3 is 0 Å². The maximum absolute atomic E-state index is 5.19. The number of rotatable bonds is 10. The van der Waals surface area contributed by atoms with Crippen LogP contribution in [0.2, 0.25) is 0 Å². The van der Waals surface area contributed by atoms with E-state index in [1.165, 1.54) is 55.6 Å². The van der Waals surface area contributed by atoms with Crippen LogP contribution in [0.15, 0.2) is 291 Å². The highest BCUT2D eigenvalue weighted by Gasteiger charge is 2.41. The van der Waals surface area contributed by atoms with Crippen molar-refractivity contribution >= 4 is 0 Å². The molecule has 2 unspecified atom stereocenters. The van der Waals surface area contributed by atoms with E-state index < -0.39 is 0 Å². The summed E-state index contributed by atoms with van der Waals surface area (Å²) in [4.78, 5) is 20.8. The molecule has 374 valence electrons. The van der Waals surface area contributed by atoms with Gasteiger partial charge in [0.25, 0.3) is 0 Å². The monoisotopic (exact) mass is 1020 g/mol. The largest absolute Gasteiger partial charge is 0.228 e. The molecule has 0 fully saturated rings. The Balaban J connectivity index is 0.749. The van der Waals surface area contributed by atoms with Crippen LogP contribution in [0.3, 0.4) is 0 Å². The van der Waals surface area contributed by atoms with Crippen LogP contribution >= 0.6 is 0 Å². The van der Waals surface area contributed by atoms with Crippen molar-refractivity contribution in [2.75, 3.05) is 0 Å². The lowest BCUT2D eigenvalue weighted by Crippen LogP contribution is -2.27. The molecule has 2 bridgehead atoms. The van der Waals surface area contributed by atoms with Crippen LogP contribution in [-0.4, -0.2) is 19.9 Å². The molecule has 0 saturated heterocycles. The molecule has 16 rings (SSSR count). The van der Waals surface area contributed by atoms with E-state index >= 15 is 0 Å². The van der Waals surface area contributed by atoms with E-state index in [0.717, 1.165) is 78.4 Å². The van der Waals surface area contributed by atoms with Gasteiger partial charge in [-0.1, -0.05) is 267 Å². The van der Waals surface area contributed by atoms with Gasteiger partial charge in [-0.05, 0) is 102 Å². The van der Waals surface area contributed by atoms with Gasteiger partial charge in [0.2, 0.25) is 0 Å². The molecule has 2 aromatic heterocycles. The second-order valence-electron chi connectivity index (χ2n) is 20.8. The van der Waals surface area contributed by atoms with Crippen molar-refractivity contribution < 1.29 is 0 Å². The van der Waals surface area contributed by atoms with Crippen LogP contribution in [0, 0.1) is 0 Å². The molecule has 0 aliphatic heterocycles. The average Bonchev–Trinajstić information content (AvgIpc) is 3.56.